The Morgan fingerprint density at radius 2 is 1.87 bits per heavy atom. The van der Waals surface area contributed by atoms with E-state index in [9.17, 15) is 8.42 Å². The second-order valence-corrected chi connectivity index (χ2v) is 7.92. The zero-order chi connectivity index (χ0) is 16.5. The number of sulfonamides is 1. The summed E-state index contributed by atoms with van der Waals surface area (Å²) in [4.78, 5) is 0. The Morgan fingerprint density at radius 1 is 1.13 bits per heavy atom. The van der Waals surface area contributed by atoms with Gasteiger partial charge in [0, 0.05) is 19.1 Å². The topological polar surface area (TPSA) is 82.0 Å². The number of hydrogen-bond acceptors (Lipinski definition) is 4. The average molecular weight is 335 g/mol. The molecular weight excluding hydrogens is 310 g/mol. The van der Waals surface area contributed by atoms with Crippen LogP contribution in [0.25, 0.3) is 0 Å². The highest BCUT2D eigenvalue weighted by molar-refractivity contribution is 7.88. The van der Waals surface area contributed by atoms with Crippen LogP contribution in [-0.2, 0) is 15.8 Å². The molecule has 0 aromatic heterocycles. The monoisotopic (exact) mass is 335 g/mol. The number of nitriles is 1. The van der Waals surface area contributed by atoms with Crippen LogP contribution in [0.1, 0.15) is 49.7 Å². The number of rotatable bonds is 7. The van der Waals surface area contributed by atoms with Crippen LogP contribution in [-0.4, -0.2) is 27.5 Å². The Hall–Kier alpha value is -1.42. The van der Waals surface area contributed by atoms with Crippen LogP contribution in [0.4, 0.5) is 0 Å². The highest BCUT2D eigenvalue weighted by atomic mass is 32.2. The lowest BCUT2D eigenvalue weighted by atomic mass is 10.1. The third kappa shape index (κ3) is 6.69. The van der Waals surface area contributed by atoms with E-state index in [-0.39, 0.29) is 5.75 Å². The van der Waals surface area contributed by atoms with Gasteiger partial charge in [0.25, 0.3) is 0 Å². The zero-order valence-electron chi connectivity index (χ0n) is 13.4. The second kappa shape index (κ2) is 9.02. The minimum Gasteiger partial charge on any atom is -0.313 e. The normalized spacial score (nSPS) is 16.7. The average Bonchev–Trinajstić information content (AvgIpc) is 2.80. The van der Waals surface area contributed by atoms with Crippen molar-refractivity contribution in [2.75, 3.05) is 13.1 Å². The molecule has 2 N–H and O–H groups in total. The minimum absolute atomic E-state index is 0.0913. The van der Waals surface area contributed by atoms with Gasteiger partial charge in [0.05, 0.1) is 17.4 Å². The number of hydrogen-bond donors (Lipinski definition) is 2. The minimum atomic E-state index is -3.37. The Balaban J connectivity index is 1.74. The maximum atomic E-state index is 12.1. The lowest BCUT2D eigenvalue weighted by Crippen LogP contribution is -2.37. The molecule has 0 heterocycles. The molecule has 0 saturated heterocycles. The van der Waals surface area contributed by atoms with Crippen molar-refractivity contribution >= 4 is 10.0 Å². The van der Waals surface area contributed by atoms with Crippen molar-refractivity contribution in [2.24, 2.45) is 0 Å². The highest BCUT2D eigenvalue weighted by Crippen LogP contribution is 2.16. The van der Waals surface area contributed by atoms with Crippen molar-refractivity contribution in [3.63, 3.8) is 0 Å². The molecule has 126 valence electrons. The summed E-state index contributed by atoms with van der Waals surface area (Å²) in [5.41, 5.74) is 1.11. The van der Waals surface area contributed by atoms with E-state index in [4.69, 9.17) is 5.26 Å². The van der Waals surface area contributed by atoms with Crippen LogP contribution >= 0.6 is 0 Å². The standard InChI is InChI=1S/C17H25N3O2S/c18-13-15-6-5-7-16(12-15)14-23(21,22)20-11-10-19-17-8-3-1-2-4-9-17/h5-7,12,17,19-20H,1-4,8-11,14H2. The van der Waals surface area contributed by atoms with Crippen LogP contribution in [0.3, 0.4) is 0 Å². The molecule has 1 aromatic carbocycles. The molecule has 0 unspecified atom stereocenters. The predicted octanol–water partition coefficient (Wildman–Crippen LogP) is 2.29. The predicted molar refractivity (Wildman–Crippen MR) is 91.3 cm³/mol. The number of nitrogens with one attached hydrogen (secondary N) is 2. The quantitative estimate of drug-likeness (QED) is 0.592. The number of nitrogens with zero attached hydrogens (tertiary/aromatic N) is 1. The molecule has 1 aliphatic rings. The van der Waals surface area contributed by atoms with Crippen LogP contribution in [0.15, 0.2) is 24.3 Å². The summed E-state index contributed by atoms with van der Waals surface area (Å²) in [7, 11) is -3.37. The summed E-state index contributed by atoms with van der Waals surface area (Å²) in [5, 5.41) is 12.3. The third-order valence-electron chi connectivity index (χ3n) is 4.15. The molecule has 5 nitrogen and oxygen atoms in total. The van der Waals surface area contributed by atoms with Gasteiger partial charge in [-0.25, -0.2) is 13.1 Å². The van der Waals surface area contributed by atoms with E-state index in [1.165, 1.54) is 38.5 Å². The Labute approximate surface area is 139 Å². The lowest BCUT2D eigenvalue weighted by molar-refractivity contribution is 0.461. The Bertz CT molecular complexity index is 629. The molecule has 0 spiro atoms. The van der Waals surface area contributed by atoms with Gasteiger partial charge in [-0.2, -0.15) is 5.26 Å². The van der Waals surface area contributed by atoms with Gasteiger partial charge in [-0.15, -0.1) is 0 Å². The molecule has 6 heteroatoms. The van der Waals surface area contributed by atoms with Crippen LogP contribution in [0, 0.1) is 11.3 Å². The van der Waals surface area contributed by atoms with Gasteiger partial charge >= 0.3 is 0 Å². The summed E-state index contributed by atoms with van der Waals surface area (Å²) < 4.78 is 26.8. The van der Waals surface area contributed by atoms with E-state index in [0.717, 1.165) is 0 Å². The van der Waals surface area contributed by atoms with Gasteiger partial charge in [0.15, 0.2) is 0 Å². The first-order valence-corrected chi connectivity index (χ1v) is 9.94. The third-order valence-corrected chi connectivity index (χ3v) is 5.51. The van der Waals surface area contributed by atoms with Crippen LogP contribution in [0.2, 0.25) is 0 Å². The van der Waals surface area contributed by atoms with Crippen molar-refractivity contribution < 1.29 is 8.42 Å². The molecule has 0 bridgehead atoms. The summed E-state index contributed by atoms with van der Waals surface area (Å²) in [6.45, 7) is 1.05. The van der Waals surface area contributed by atoms with E-state index < -0.39 is 10.0 Å². The summed E-state index contributed by atoms with van der Waals surface area (Å²) in [6, 6.07) is 9.26. The smallest absolute Gasteiger partial charge is 0.215 e. The summed E-state index contributed by atoms with van der Waals surface area (Å²) in [5.74, 6) is -0.0913. The summed E-state index contributed by atoms with van der Waals surface area (Å²) >= 11 is 0. The fraction of sp³-hybridized carbons (Fsp3) is 0.588. The molecule has 0 aliphatic heterocycles. The molecule has 2 rings (SSSR count). The SMILES string of the molecule is N#Cc1cccc(CS(=O)(=O)NCCNC2CCCCCC2)c1. The van der Waals surface area contributed by atoms with Crippen molar-refractivity contribution in [1.29, 1.82) is 5.26 Å². The van der Waals surface area contributed by atoms with Gasteiger partial charge in [-0.1, -0.05) is 37.8 Å². The molecular formula is C17H25N3O2S. The van der Waals surface area contributed by atoms with Crippen molar-refractivity contribution in [1.82, 2.24) is 10.0 Å². The fourth-order valence-corrected chi connectivity index (χ4v) is 4.10. The van der Waals surface area contributed by atoms with Gasteiger partial charge in [0.2, 0.25) is 10.0 Å². The first-order valence-electron chi connectivity index (χ1n) is 8.29. The van der Waals surface area contributed by atoms with Gasteiger partial charge in [0.1, 0.15) is 0 Å². The molecule has 1 fully saturated rings. The van der Waals surface area contributed by atoms with E-state index in [0.29, 0.717) is 30.3 Å². The van der Waals surface area contributed by atoms with Crippen molar-refractivity contribution in [2.45, 2.75) is 50.3 Å². The van der Waals surface area contributed by atoms with Gasteiger partial charge in [-0.05, 0) is 30.5 Å². The first-order chi connectivity index (χ1) is 11.1. The first kappa shape index (κ1) is 17.9. The van der Waals surface area contributed by atoms with E-state index in [2.05, 4.69) is 10.0 Å². The van der Waals surface area contributed by atoms with E-state index in [1.807, 2.05) is 6.07 Å². The summed E-state index contributed by atoms with van der Waals surface area (Å²) in [6.07, 6.45) is 7.53. The van der Waals surface area contributed by atoms with Gasteiger partial charge < -0.3 is 5.32 Å². The van der Waals surface area contributed by atoms with Crippen LogP contribution < -0.4 is 10.0 Å². The lowest BCUT2D eigenvalue weighted by Gasteiger charge is -2.16. The second-order valence-electron chi connectivity index (χ2n) is 6.11. The highest BCUT2D eigenvalue weighted by Gasteiger charge is 2.13. The molecule has 1 aliphatic carbocycles. The molecule has 1 saturated carbocycles. The number of benzene rings is 1. The maximum absolute atomic E-state index is 12.1. The fourth-order valence-electron chi connectivity index (χ4n) is 2.97. The van der Waals surface area contributed by atoms with Gasteiger partial charge in [-0.3, -0.25) is 0 Å². The Morgan fingerprint density at radius 3 is 2.57 bits per heavy atom. The largest absolute Gasteiger partial charge is 0.313 e. The molecule has 0 atom stereocenters. The van der Waals surface area contributed by atoms with Crippen molar-refractivity contribution in [3.05, 3.63) is 35.4 Å². The van der Waals surface area contributed by atoms with Crippen molar-refractivity contribution in [3.8, 4) is 6.07 Å². The maximum Gasteiger partial charge on any atom is 0.215 e. The van der Waals surface area contributed by atoms with Crippen LogP contribution in [0.5, 0.6) is 0 Å². The molecule has 1 aromatic rings. The zero-order valence-corrected chi connectivity index (χ0v) is 14.2. The molecule has 0 amide bonds. The molecule has 23 heavy (non-hydrogen) atoms. The Kier molecular flexibility index (Phi) is 7.03. The molecule has 0 radical (unpaired) electrons. The van der Waals surface area contributed by atoms with E-state index in [1.54, 1.807) is 24.3 Å². The van der Waals surface area contributed by atoms with E-state index >= 15 is 0 Å².